The van der Waals surface area contributed by atoms with Crippen LogP contribution in [0.4, 0.5) is 0 Å². The average molecular weight is 328 g/mol. The maximum atomic E-state index is 11.8. The third kappa shape index (κ3) is 6.29. The van der Waals surface area contributed by atoms with Gasteiger partial charge in [0.25, 0.3) is 0 Å². The number of carbonyl (C=O) groups is 1. The molecule has 120 valence electrons. The molecule has 0 aliphatic heterocycles. The number of rotatable bonds is 6. The van der Waals surface area contributed by atoms with E-state index in [2.05, 4.69) is 31.3 Å². The van der Waals surface area contributed by atoms with Crippen LogP contribution in [0.15, 0.2) is 54.6 Å². The summed E-state index contributed by atoms with van der Waals surface area (Å²) < 4.78 is 0. The predicted molar refractivity (Wildman–Crippen MR) is 97.3 cm³/mol. The molecule has 0 saturated carbocycles. The molecule has 0 unspecified atom stereocenters. The summed E-state index contributed by atoms with van der Waals surface area (Å²) in [6.07, 6.45) is 4.47. The third-order valence-corrected chi connectivity index (χ3v) is 3.68. The van der Waals surface area contributed by atoms with E-state index in [1.54, 1.807) is 6.08 Å². The van der Waals surface area contributed by atoms with Gasteiger partial charge in [-0.05, 0) is 47.2 Å². The molecule has 0 aromatic heterocycles. The number of halogens is 1. The zero-order valence-electron chi connectivity index (χ0n) is 13.6. The van der Waals surface area contributed by atoms with Crippen molar-refractivity contribution in [3.05, 3.63) is 76.3 Å². The largest absolute Gasteiger partial charge is 0.348 e. The molecule has 23 heavy (non-hydrogen) atoms. The molecule has 0 spiro atoms. The van der Waals surface area contributed by atoms with Crippen LogP contribution in [0.3, 0.4) is 0 Å². The molecule has 0 radical (unpaired) electrons. The zero-order valence-corrected chi connectivity index (χ0v) is 14.3. The fraction of sp³-hybridized carbons (Fsp3) is 0.250. The first-order valence-electron chi connectivity index (χ1n) is 7.82. The first kappa shape index (κ1) is 17.3. The molecule has 0 heterocycles. The van der Waals surface area contributed by atoms with E-state index in [4.69, 9.17) is 11.6 Å². The summed E-state index contributed by atoms with van der Waals surface area (Å²) >= 11 is 5.83. The van der Waals surface area contributed by atoms with Crippen molar-refractivity contribution < 1.29 is 4.79 Å². The van der Waals surface area contributed by atoms with Gasteiger partial charge in [0.2, 0.25) is 5.91 Å². The van der Waals surface area contributed by atoms with Crippen LogP contribution in [0.1, 0.15) is 30.5 Å². The van der Waals surface area contributed by atoms with E-state index in [1.165, 1.54) is 5.56 Å². The Labute approximate surface area is 143 Å². The van der Waals surface area contributed by atoms with E-state index in [0.29, 0.717) is 17.5 Å². The highest BCUT2D eigenvalue weighted by atomic mass is 35.5. The quantitative estimate of drug-likeness (QED) is 0.754. The Morgan fingerprint density at radius 3 is 2.26 bits per heavy atom. The van der Waals surface area contributed by atoms with Gasteiger partial charge in [-0.1, -0.05) is 61.8 Å². The SMILES string of the molecule is CC(C)Cc1ccc(/C=C/C(=O)NCc2ccc(Cl)cc2)cc1. The molecule has 1 amide bonds. The Kier molecular flexibility index (Phi) is 6.42. The lowest BCUT2D eigenvalue weighted by molar-refractivity contribution is -0.116. The van der Waals surface area contributed by atoms with E-state index in [9.17, 15) is 4.79 Å². The standard InChI is InChI=1S/C20H22ClNO/c1-15(2)13-17-5-3-16(4-6-17)9-12-20(23)22-14-18-7-10-19(21)11-8-18/h3-12,15H,13-14H2,1-2H3,(H,22,23)/b12-9+. The number of hydrogen-bond donors (Lipinski definition) is 1. The van der Waals surface area contributed by atoms with Crippen molar-refractivity contribution in [1.29, 1.82) is 0 Å². The summed E-state index contributed by atoms with van der Waals surface area (Å²) in [4.78, 5) is 11.8. The van der Waals surface area contributed by atoms with Gasteiger partial charge in [-0.3, -0.25) is 4.79 Å². The summed E-state index contributed by atoms with van der Waals surface area (Å²) in [5.74, 6) is 0.543. The van der Waals surface area contributed by atoms with E-state index >= 15 is 0 Å². The number of carbonyl (C=O) groups excluding carboxylic acids is 1. The lowest BCUT2D eigenvalue weighted by atomic mass is 10.0. The summed E-state index contributed by atoms with van der Waals surface area (Å²) in [5.41, 5.74) is 3.37. The Bertz CT molecular complexity index is 657. The summed E-state index contributed by atoms with van der Waals surface area (Å²) in [7, 11) is 0. The lowest BCUT2D eigenvalue weighted by Crippen LogP contribution is -2.20. The highest BCUT2D eigenvalue weighted by Gasteiger charge is 1.99. The second kappa shape index (κ2) is 8.54. The molecule has 0 bridgehead atoms. The molecule has 3 heteroatoms. The van der Waals surface area contributed by atoms with Gasteiger partial charge < -0.3 is 5.32 Å². The lowest BCUT2D eigenvalue weighted by Gasteiger charge is -2.05. The molecule has 2 nitrogen and oxygen atoms in total. The number of nitrogens with one attached hydrogen (secondary N) is 1. The smallest absolute Gasteiger partial charge is 0.244 e. The number of benzene rings is 2. The van der Waals surface area contributed by atoms with Crippen molar-refractivity contribution in [2.24, 2.45) is 5.92 Å². The molecule has 0 fully saturated rings. The van der Waals surface area contributed by atoms with Gasteiger partial charge >= 0.3 is 0 Å². The molecule has 0 aliphatic rings. The third-order valence-electron chi connectivity index (χ3n) is 3.43. The van der Waals surface area contributed by atoms with Crippen LogP contribution in [0.5, 0.6) is 0 Å². The molecule has 1 N–H and O–H groups in total. The molecule has 0 atom stereocenters. The van der Waals surface area contributed by atoms with Gasteiger partial charge in [0.1, 0.15) is 0 Å². The summed E-state index contributed by atoms with van der Waals surface area (Å²) in [6.45, 7) is 4.91. The second-order valence-corrected chi connectivity index (χ2v) is 6.45. The van der Waals surface area contributed by atoms with Crippen molar-refractivity contribution in [3.8, 4) is 0 Å². The highest BCUT2D eigenvalue weighted by molar-refractivity contribution is 6.30. The summed E-state index contributed by atoms with van der Waals surface area (Å²) in [5, 5.41) is 3.55. The predicted octanol–water partition coefficient (Wildman–Crippen LogP) is 4.87. The normalized spacial score (nSPS) is 11.1. The van der Waals surface area contributed by atoms with Crippen LogP contribution in [-0.2, 0) is 17.8 Å². The molecule has 2 aromatic rings. The minimum atomic E-state index is -0.105. The van der Waals surface area contributed by atoms with Crippen LogP contribution < -0.4 is 5.32 Å². The van der Waals surface area contributed by atoms with Crippen molar-refractivity contribution in [1.82, 2.24) is 5.32 Å². The van der Waals surface area contributed by atoms with Gasteiger partial charge in [0.15, 0.2) is 0 Å². The molecular formula is C20H22ClNO. The van der Waals surface area contributed by atoms with Gasteiger partial charge in [-0.25, -0.2) is 0 Å². The van der Waals surface area contributed by atoms with Crippen LogP contribution >= 0.6 is 11.6 Å². The molecule has 0 aliphatic carbocycles. The van der Waals surface area contributed by atoms with E-state index in [1.807, 2.05) is 42.5 Å². The summed E-state index contributed by atoms with van der Waals surface area (Å²) in [6, 6.07) is 15.8. The molecule has 2 rings (SSSR count). The van der Waals surface area contributed by atoms with Crippen molar-refractivity contribution in [3.63, 3.8) is 0 Å². The fourth-order valence-electron chi connectivity index (χ4n) is 2.26. The van der Waals surface area contributed by atoms with Gasteiger partial charge in [0.05, 0.1) is 0 Å². The van der Waals surface area contributed by atoms with Gasteiger partial charge in [-0.15, -0.1) is 0 Å². The van der Waals surface area contributed by atoms with Crippen molar-refractivity contribution in [2.75, 3.05) is 0 Å². The Hall–Kier alpha value is -2.06. The molecule has 0 saturated heterocycles. The molecule has 2 aromatic carbocycles. The number of amides is 1. The zero-order chi connectivity index (χ0) is 16.7. The topological polar surface area (TPSA) is 29.1 Å². The van der Waals surface area contributed by atoms with Gasteiger partial charge in [-0.2, -0.15) is 0 Å². The van der Waals surface area contributed by atoms with Crippen molar-refractivity contribution in [2.45, 2.75) is 26.8 Å². The first-order valence-corrected chi connectivity index (χ1v) is 8.20. The molecular weight excluding hydrogens is 306 g/mol. The van der Waals surface area contributed by atoms with E-state index < -0.39 is 0 Å². The Morgan fingerprint density at radius 1 is 1.04 bits per heavy atom. The van der Waals surface area contributed by atoms with Crippen LogP contribution in [-0.4, -0.2) is 5.91 Å². The van der Waals surface area contributed by atoms with Crippen LogP contribution in [0.2, 0.25) is 5.02 Å². The second-order valence-electron chi connectivity index (χ2n) is 6.02. The van der Waals surface area contributed by atoms with Crippen molar-refractivity contribution >= 4 is 23.6 Å². The van der Waals surface area contributed by atoms with E-state index in [-0.39, 0.29) is 5.91 Å². The fourth-order valence-corrected chi connectivity index (χ4v) is 2.38. The van der Waals surface area contributed by atoms with Crippen LogP contribution in [0, 0.1) is 5.92 Å². The van der Waals surface area contributed by atoms with Gasteiger partial charge in [0, 0.05) is 17.6 Å². The van der Waals surface area contributed by atoms with Crippen LogP contribution in [0.25, 0.3) is 6.08 Å². The Morgan fingerprint density at radius 2 is 1.65 bits per heavy atom. The monoisotopic (exact) mass is 327 g/mol. The number of hydrogen-bond acceptors (Lipinski definition) is 1. The van der Waals surface area contributed by atoms with E-state index in [0.717, 1.165) is 17.5 Å². The maximum Gasteiger partial charge on any atom is 0.244 e. The average Bonchev–Trinajstić information content (AvgIpc) is 2.53. The minimum Gasteiger partial charge on any atom is -0.348 e. The highest BCUT2D eigenvalue weighted by Crippen LogP contribution is 2.11. The Balaban J connectivity index is 1.84. The minimum absolute atomic E-state index is 0.105. The maximum absolute atomic E-state index is 11.8. The first-order chi connectivity index (χ1) is 11.0.